The number of H-pyrrole nitrogens is 1. The van der Waals surface area contributed by atoms with Gasteiger partial charge in [0.25, 0.3) is 5.56 Å². The number of rotatable bonds is 6. The van der Waals surface area contributed by atoms with E-state index in [9.17, 15) is 22.2 Å². The summed E-state index contributed by atoms with van der Waals surface area (Å²) in [6, 6.07) is 9.88. The standard InChI is InChI=1S/C30H29F3N6O3S/c1-17-7-10-19(11-8-17)43(41,42-2)39-16-23(20-12-9-18(13-26(20)39)30(31,32)33)21-14-35-28(40)22-15-36-29(38-27(21)22)37-25-6-4-3-5-24(25)34/h7-16,24-25H,3-6,34H2,1-2H3,(H-,35,36,37,38,40)/p+1/t24-,25+,43?/m1/s1. The second-order valence-electron chi connectivity index (χ2n) is 10.7. The van der Waals surface area contributed by atoms with Gasteiger partial charge in [-0.15, -0.1) is 8.16 Å². The van der Waals surface area contributed by atoms with E-state index >= 15 is 0 Å². The average molecular weight is 612 g/mol. The first-order chi connectivity index (χ1) is 20.5. The summed E-state index contributed by atoms with van der Waals surface area (Å²) in [5.41, 5.74) is 7.03. The van der Waals surface area contributed by atoms with Crippen LogP contribution in [0.25, 0.3) is 32.9 Å². The van der Waals surface area contributed by atoms with E-state index in [-0.39, 0.29) is 39.3 Å². The number of hydrogen-bond acceptors (Lipinski definition) is 7. The lowest BCUT2D eigenvalue weighted by atomic mass is 9.91. The highest BCUT2D eigenvalue weighted by Crippen LogP contribution is 2.40. The number of benzene rings is 2. The maximum atomic E-state index is 14.5. The molecule has 0 spiro atoms. The predicted octanol–water partition coefficient (Wildman–Crippen LogP) is 5.83. The van der Waals surface area contributed by atoms with Crippen molar-refractivity contribution in [1.82, 2.24) is 18.9 Å². The lowest BCUT2D eigenvalue weighted by Gasteiger charge is -2.29. The van der Waals surface area contributed by atoms with E-state index in [2.05, 4.69) is 20.3 Å². The molecule has 13 heteroatoms. The molecule has 0 saturated heterocycles. The molecule has 9 nitrogen and oxygen atoms in total. The van der Waals surface area contributed by atoms with Crippen molar-refractivity contribution in [2.45, 2.75) is 55.8 Å². The predicted molar refractivity (Wildman–Crippen MR) is 160 cm³/mol. The van der Waals surface area contributed by atoms with E-state index in [1.54, 1.807) is 24.3 Å². The molecule has 3 aromatic heterocycles. The molecule has 43 heavy (non-hydrogen) atoms. The third kappa shape index (κ3) is 5.21. The Kier molecular flexibility index (Phi) is 7.35. The number of alkyl halides is 3. The molecule has 0 radical (unpaired) electrons. The molecule has 224 valence electrons. The molecule has 5 aromatic rings. The van der Waals surface area contributed by atoms with Crippen LogP contribution < -0.4 is 16.6 Å². The van der Waals surface area contributed by atoms with Crippen molar-refractivity contribution in [3.05, 3.63) is 82.5 Å². The summed E-state index contributed by atoms with van der Waals surface area (Å²) in [5.74, 6) is 0.283. The highest BCUT2D eigenvalue weighted by Gasteiger charge is 2.39. The Bertz CT molecular complexity index is 1940. The van der Waals surface area contributed by atoms with Crippen molar-refractivity contribution in [3.63, 3.8) is 0 Å². The summed E-state index contributed by atoms with van der Waals surface area (Å²) in [4.78, 5) is 24.8. The number of pyridine rings is 1. The first kappa shape index (κ1) is 29.0. The number of nitrogens with zero attached hydrogens (tertiary/aromatic N) is 3. The van der Waals surface area contributed by atoms with Gasteiger partial charge in [0.2, 0.25) is 10.8 Å². The highest BCUT2D eigenvalue weighted by molar-refractivity contribution is 7.97. The molecule has 6 rings (SSSR count). The van der Waals surface area contributed by atoms with Gasteiger partial charge in [-0.25, -0.2) is 9.97 Å². The molecule has 1 unspecified atom stereocenters. The summed E-state index contributed by atoms with van der Waals surface area (Å²) < 4.78 is 62.8. The molecule has 1 fully saturated rings. The third-order valence-corrected chi connectivity index (χ3v) is 10.1. The van der Waals surface area contributed by atoms with Crippen LogP contribution in [0.4, 0.5) is 19.1 Å². The van der Waals surface area contributed by atoms with Crippen LogP contribution in [-0.4, -0.2) is 38.1 Å². The van der Waals surface area contributed by atoms with Gasteiger partial charge in [-0.05, 0) is 48.2 Å². The molecule has 1 saturated carbocycles. The SMILES string of the molecule is CO[S+](=O)(c1ccc(C)cc1)n1cc(-c2c[nH]c(=O)c3cnc(N[C@H]4CCCC[C@H]4N)nc23)c2ccc(C(F)(F)F)cc21. The largest absolute Gasteiger partial charge is 0.416 e. The summed E-state index contributed by atoms with van der Waals surface area (Å²) in [6.45, 7) is 1.87. The molecule has 3 heterocycles. The lowest BCUT2D eigenvalue weighted by molar-refractivity contribution is -0.137. The maximum Gasteiger partial charge on any atom is 0.416 e. The van der Waals surface area contributed by atoms with E-state index < -0.39 is 27.7 Å². The van der Waals surface area contributed by atoms with Crippen molar-refractivity contribution >= 4 is 38.2 Å². The van der Waals surface area contributed by atoms with Crippen LogP contribution in [0, 0.1) is 6.92 Å². The van der Waals surface area contributed by atoms with E-state index in [1.165, 1.54) is 35.7 Å². The Morgan fingerprint density at radius 1 is 1.09 bits per heavy atom. The minimum absolute atomic E-state index is 0.0391. The summed E-state index contributed by atoms with van der Waals surface area (Å²) >= 11 is 0. The summed E-state index contributed by atoms with van der Waals surface area (Å²) in [7, 11) is -2.31. The number of nitrogens with one attached hydrogen (secondary N) is 2. The van der Waals surface area contributed by atoms with Crippen molar-refractivity contribution in [2.24, 2.45) is 5.73 Å². The smallest absolute Gasteiger partial charge is 0.350 e. The molecular formula is C30H30F3N6O3S+. The fourth-order valence-electron chi connectivity index (χ4n) is 5.60. The van der Waals surface area contributed by atoms with Gasteiger partial charge in [0.1, 0.15) is 5.52 Å². The third-order valence-electron chi connectivity index (χ3n) is 7.96. The molecule has 1 aliphatic rings. The topological polar surface area (TPSA) is 128 Å². The zero-order chi connectivity index (χ0) is 30.5. The Balaban J connectivity index is 1.59. The highest BCUT2D eigenvalue weighted by atomic mass is 32.3. The van der Waals surface area contributed by atoms with Crippen molar-refractivity contribution in [2.75, 3.05) is 12.4 Å². The first-order valence-corrected chi connectivity index (χ1v) is 15.2. The molecular weight excluding hydrogens is 581 g/mol. The van der Waals surface area contributed by atoms with Crippen LogP contribution in [0.15, 0.2) is 70.7 Å². The van der Waals surface area contributed by atoms with Gasteiger partial charge in [-0.3, -0.25) is 4.79 Å². The fourth-order valence-corrected chi connectivity index (χ4v) is 7.32. The Hall–Kier alpha value is -4.07. The number of fused-ring (bicyclic) bond motifs is 2. The normalized spacial score (nSPS) is 19.0. The maximum absolute atomic E-state index is 14.5. The van der Waals surface area contributed by atoms with Gasteiger partial charge in [0.05, 0.1) is 29.8 Å². The molecule has 3 atom stereocenters. The zero-order valence-electron chi connectivity index (χ0n) is 23.4. The molecule has 2 aromatic carbocycles. The number of anilines is 1. The van der Waals surface area contributed by atoms with Gasteiger partial charge in [-0.2, -0.15) is 13.2 Å². The van der Waals surface area contributed by atoms with E-state index in [1.807, 2.05) is 6.92 Å². The second kappa shape index (κ2) is 10.9. The Labute approximate surface area is 246 Å². The zero-order valence-corrected chi connectivity index (χ0v) is 24.3. The van der Waals surface area contributed by atoms with Gasteiger partial charge in [-0.1, -0.05) is 36.6 Å². The fraction of sp³-hybridized carbons (Fsp3) is 0.300. The van der Waals surface area contributed by atoms with Crippen molar-refractivity contribution in [3.8, 4) is 11.1 Å². The molecule has 0 aliphatic heterocycles. The second-order valence-corrected chi connectivity index (χ2v) is 12.9. The van der Waals surface area contributed by atoms with Gasteiger partial charge >= 0.3 is 16.6 Å². The number of aryl methyl sites for hydroxylation is 1. The van der Waals surface area contributed by atoms with Crippen LogP contribution in [0.2, 0.25) is 0 Å². The van der Waals surface area contributed by atoms with Crippen LogP contribution >= 0.6 is 0 Å². The van der Waals surface area contributed by atoms with Gasteiger partial charge in [0, 0.05) is 41.0 Å². The number of aromatic amines is 1. The van der Waals surface area contributed by atoms with Crippen molar-refractivity contribution < 1.29 is 21.6 Å². The number of hydrogen-bond donors (Lipinski definition) is 3. The minimum Gasteiger partial charge on any atom is -0.350 e. The summed E-state index contributed by atoms with van der Waals surface area (Å²) in [5, 5.41) is 3.84. The summed E-state index contributed by atoms with van der Waals surface area (Å²) in [6.07, 6.45) is 3.49. The van der Waals surface area contributed by atoms with Gasteiger partial charge in [0.15, 0.2) is 0 Å². The van der Waals surface area contributed by atoms with E-state index in [0.717, 1.165) is 43.4 Å². The Morgan fingerprint density at radius 3 is 2.53 bits per heavy atom. The average Bonchev–Trinajstić information content (AvgIpc) is 3.37. The van der Waals surface area contributed by atoms with Crippen LogP contribution in [-0.2, 0) is 25.0 Å². The lowest BCUT2D eigenvalue weighted by Crippen LogP contribution is -2.42. The van der Waals surface area contributed by atoms with E-state index in [0.29, 0.717) is 16.5 Å². The first-order valence-electron chi connectivity index (χ1n) is 13.8. The minimum atomic E-state index is -4.64. The Morgan fingerprint density at radius 2 is 1.84 bits per heavy atom. The van der Waals surface area contributed by atoms with E-state index in [4.69, 9.17) is 9.92 Å². The van der Waals surface area contributed by atoms with Crippen molar-refractivity contribution in [1.29, 1.82) is 0 Å². The number of nitrogens with two attached hydrogens (primary N) is 1. The molecule has 1 aliphatic carbocycles. The van der Waals surface area contributed by atoms with Gasteiger partial charge < -0.3 is 16.0 Å². The number of halogens is 3. The number of aromatic nitrogens is 4. The quantitative estimate of drug-likeness (QED) is 0.206. The van der Waals surface area contributed by atoms with Crippen LogP contribution in [0.5, 0.6) is 0 Å². The monoisotopic (exact) mass is 611 g/mol. The molecule has 0 bridgehead atoms. The van der Waals surface area contributed by atoms with Crippen LogP contribution in [0.3, 0.4) is 0 Å². The molecule has 0 amide bonds. The molecule has 4 N–H and O–H groups in total. The van der Waals surface area contributed by atoms with Crippen LogP contribution in [0.1, 0.15) is 36.8 Å².